The lowest BCUT2D eigenvalue weighted by Crippen LogP contribution is -2.05. The Morgan fingerprint density at radius 3 is 2.79 bits per heavy atom. The normalized spacial score (nSPS) is 12.4. The molecule has 4 heterocycles. The first kappa shape index (κ1) is 17.1. The Bertz CT molecular complexity index is 1250. The third-order valence-corrected chi connectivity index (χ3v) is 4.24. The van der Waals surface area contributed by atoms with Gasteiger partial charge in [0.15, 0.2) is 23.1 Å². The summed E-state index contributed by atoms with van der Waals surface area (Å²) in [6.07, 6.45) is 2.61. The minimum Gasteiger partial charge on any atom is -0.454 e. The highest BCUT2D eigenvalue weighted by atomic mass is 19.2. The number of H-pyrrole nitrogens is 1. The number of fused-ring (bicyclic) bond motifs is 5. The van der Waals surface area contributed by atoms with Crippen molar-refractivity contribution in [3.63, 3.8) is 0 Å². The van der Waals surface area contributed by atoms with Crippen LogP contribution in [0.25, 0.3) is 10.9 Å². The van der Waals surface area contributed by atoms with E-state index in [1.165, 1.54) is 6.07 Å². The first-order valence-electron chi connectivity index (χ1n) is 8.36. The Kier molecular flexibility index (Phi) is 3.86. The second kappa shape index (κ2) is 6.55. The van der Waals surface area contributed by atoms with Crippen LogP contribution in [0.15, 0.2) is 36.7 Å². The summed E-state index contributed by atoms with van der Waals surface area (Å²) in [5, 5.41) is 13.2. The third kappa shape index (κ3) is 3.02. The van der Waals surface area contributed by atoms with Gasteiger partial charge in [-0.25, -0.2) is 9.37 Å². The van der Waals surface area contributed by atoms with Gasteiger partial charge in [-0.1, -0.05) is 0 Å². The molecule has 2 aliphatic rings. The smallest absolute Gasteiger partial charge is 0.231 e. The van der Waals surface area contributed by atoms with Crippen LogP contribution >= 0.6 is 0 Å². The summed E-state index contributed by atoms with van der Waals surface area (Å²) in [6.45, 7) is -0.372. The predicted octanol–water partition coefficient (Wildman–Crippen LogP) is 3.99. The van der Waals surface area contributed by atoms with E-state index in [4.69, 9.17) is 9.47 Å². The highest BCUT2D eigenvalue weighted by Crippen LogP contribution is 2.39. The van der Waals surface area contributed by atoms with E-state index in [2.05, 4.69) is 30.8 Å². The summed E-state index contributed by atoms with van der Waals surface area (Å²) in [5.74, 6) is -4.15. The van der Waals surface area contributed by atoms with Crippen LogP contribution in [0.5, 0.6) is 11.5 Å². The van der Waals surface area contributed by atoms with Crippen molar-refractivity contribution in [1.29, 1.82) is 0 Å². The van der Waals surface area contributed by atoms with E-state index in [-0.39, 0.29) is 30.0 Å². The molecule has 29 heavy (non-hydrogen) atoms. The maximum absolute atomic E-state index is 14.2. The largest absolute Gasteiger partial charge is 0.454 e. The molecule has 11 heteroatoms. The van der Waals surface area contributed by atoms with E-state index in [9.17, 15) is 13.2 Å². The number of rotatable bonds is 4. The summed E-state index contributed by atoms with van der Waals surface area (Å²) < 4.78 is 52.0. The molecular weight excluding hydrogens is 389 g/mol. The van der Waals surface area contributed by atoms with Gasteiger partial charge in [0.2, 0.25) is 24.4 Å². The number of benzene rings is 2. The zero-order chi connectivity index (χ0) is 20.0. The van der Waals surface area contributed by atoms with Crippen LogP contribution in [0.1, 0.15) is 0 Å². The van der Waals surface area contributed by atoms with Crippen LogP contribution in [-0.2, 0) is 0 Å². The van der Waals surface area contributed by atoms with Gasteiger partial charge in [0, 0.05) is 17.1 Å². The number of ether oxygens (including phenoxy) is 2. The Morgan fingerprint density at radius 1 is 1.00 bits per heavy atom. The molecule has 0 radical (unpaired) electrons. The molecule has 3 N–H and O–H groups in total. The van der Waals surface area contributed by atoms with Gasteiger partial charge in [0.1, 0.15) is 0 Å². The van der Waals surface area contributed by atoms with Gasteiger partial charge in [-0.2, -0.15) is 18.9 Å². The highest BCUT2D eigenvalue weighted by molar-refractivity contribution is 5.82. The second-order valence-electron chi connectivity index (χ2n) is 6.10. The summed E-state index contributed by atoms with van der Waals surface area (Å²) in [6, 6.07) is 6.57. The van der Waals surface area contributed by atoms with Gasteiger partial charge in [-0.15, -0.1) is 0 Å². The number of aromatic nitrogens is 4. The number of halogens is 3. The van der Waals surface area contributed by atoms with Crippen LogP contribution in [0.4, 0.5) is 36.3 Å². The van der Waals surface area contributed by atoms with E-state index >= 15 is 0 Å². The quantitative estimate of drug-likeness (QED) is 0.477. The minimum atomic E-state index is -1.23. The average molecular weight is 400 g/mol. The lowest BCUT2D eigenvalue weighted by atomic mass is 10.2. The van der Waals surface area contributed by atoms with Crippen molar-refractivity contribution in [2.24, 2.45) is 0 Å². The number of hydrogen-bond donors (Lipinski definition) is 3. The Morgan fingerprint density at radius 2 is 1.90 bits per heavy atom. The van der Waals surface area contributed by atoms with Crippen LogP contribution < -0.4 is 20.1 Å². The predicted molar refractivity (Wildman–Crippen MR) is 97.1 cm³/mol. The maximum atomic E-state index is 14.2. The molecule has 6 rings (SSSR count). The standard InChI is InChI=1S/C18H11F3N6O2/c19-10-6-22-18(24-9-1-2-11-8(3-9)5-23-27-11)26-17(10)25-12-4-13-14(20)15(21)16(12)29-7-28-13/h1-6H,7H2,(H,23,27)(H2,22,24,25,26). The monoisotopic (exact) mass is 400 g/mol. The van der Waals surface area contributed by atoms with E-state index in [1.54, 1.807) is 12.3 Å². The van der Waals surface area contributed by atoms with Gasteiger partial charge < -0.3 is 20.1 Å². The molecule has 0 unspecified atom stereocenters. The summed E-state index contributed by atoms with van der Waals surface area (Å²) >= 11 is 0. The van der Waals surface area contributed by atoms with Crippen molar-refractivity contribution in [3.8, 4) is 11.5 Å². The Hall–Kier alpha value is -4.02. The molecule has 2 aromatic heterocycles. The van der Waals surface area contributed by atoms with Gasteiger partial charge >= 0.3 is 0 Å². The van der Waals surface area contributed by atoms with Crippen molar-refractivity contribution in [1.82, 2.24) is 20.2 Å². The molecule has 2 aromatic carbocycles. The van der Waals surface area contributed by atoms with Crippen molar-refractivity contribution in [2.75, 3.05) is 17.4 Å². The average Bonchev–Trinajstić information content (AvgIpc) is 3.02. The Balaban J connectivity index is 1.46. The maximum Gasteiger partial charge on any atom is 0.231 e. The Labute approximate surface area is 160 Å². The molecule has 0 saturated heterocycles. The SMILES string of the molecule is Fc1cnc(Nc2ccc3[nH]ncc3c2)nc1Nc1cc2c(F)c(F)c1OCO2. The van der Waals surface area contributed by atoms with Gasteiger partial charge in [-0.3, -0.25) is 5.10 Å². The molecule has 0 saturated carbocycles. The topological polar surface area (TPSA) is 97.0 Å². The van der Waals surface area contributed by atoms with Crippen LogP contribution in [0.2, 0.25) is 0 Å². The molecule has 0 aliphatic carbocycles. The van der Waals surface area contributed by atoms with Gasteiger partial charge in [0.25, 0.3) is 0 Å². The number of nitrogens with one attached hydrogen (secondary N) is 3. The fourth-order valence-corrected chi connectivity index (χ4v) is 2.87. The van der Waals surface area contributed by atoms with Crippen molar-refractivity contribution in [2.45, 2.75) is 0 Å². The molecule has 2 aliphatic heterocycles. The first-order valence-corrected chi connectivity index (χ1v) is 8.36. The lowest BCUT2D eigenvalue weighted by Gasteiger charge is -2.12. The lowest BCUT2D eigenvalue weighted by molar-refractivity contribution is 0.123. The van der Waals surface area contributed by atoms with E-state index < -0.39 is 23.2 Å². The molecule has 0 fully saturated rings. The summed E-state index contributed by atoms with van der Waals surface area (Å²) in [4.78, 5) is 7.96. The van der Waals surface area contributed by atoms with E-state index in [0.717, 1.165) is 17.1 Å². The second-order valence-corrected chi connectivity index (χ2v) is 6.10. The molecule has 4 aromatic rings. The van der Waals surface area contributed by atoms with Crippen molar-refractivity contribution >= 4 is 34.0 Å². The molecule has 0 atom stereocenters. The summed E-state index contributed by atoms with van der Waals surface area (Å²) in [7, 11) is 0. The van der Waals surface area contributed by atoms with Crippen molar-refractivity contribution in [3.05, 3.63) is 54.1 Å². The number of hydrogen-bond acceptors (Lipinski definition) is 7. The zero-order valence-corrected chi connectivity index (χ0v) is 14.5. The van der Waals surface area contributed by atoms with Gasteiger partial charge in [0.05, 0.1) is 23.6 Å². The molecule has 0 spiro atoms. The molecule has 146 valence electrons. The number of aromatic amines is 1. The zero-order valence-electron chi connectivity index (χ0n) is 14.5. The van der Waals surface area contributed by atoms with E-state index in [0.29, 0.717) is 5.69 Å². The highest BCUT2D eigenvalue weighted by Gasteiger charge is 2.25. The number of anilines is 4. The fourth-order valence-electron chi connectivity index (χ4n) is 2.87. The molecule has 0 amide bonds. The van der Waals surface area contributed by atoms with Gasteiger partial charge in [-0.05, 0) is 18.2 Å². The minimum absolute atomic E-state index is 0.0280. The first-order chi connectivity index (χ1) is 14.1. The number of nitrogens with zero attached hydrogens (tertiary/aromatic N) is 3. The molecule has 2 bridgehead atoms. The van der Waals surface area contributed by atoms with Crippen LogP contribution in [0, 0.1) is 17.5 Å². The van der Waals surface area contributed by atoms with E-state index in [1.807, 2.05) is 12.1 Å². The van der Waals surface area contributed by atoms with Crippen LogP contribution in [-0.4, -0.2) is 27.0 Å². The summed E-state index contributed by atoms with van der Waals surface area (Å²) in [5.41, 5.74) is 1.48. The fraction of sp³-hybridized carbons (Fsp3) is 0.0556. The molecular formula is C18H11F3N6O2. The van der Waals surface area contributed by atoms with Crippen molar-refractivity contribution < 1.29 is 22.6 Å². The van der Waals surface area contributed by atoms with Crippen LogP contribution in [0.3, 0.4) is 0 Å². The molecule has 8 nitrogen and oxygen atoms in total. The third-order valence-electron chi connectivity index (χ3n) is 4.24.